The number of rotatable bonds is 31. The number of aliphatic hydroxyl groups excluding tert-OH is 4. The summed E-state index contributed by atoms with van der Waals surface area (Å²) in [4.78, 5) is 11.8. The second-order valence-electron chi connectivity index (χ2n) is 14.7. The number of nitrogens with zero attached hydrogens (tertiary/aromatic N) is 2. The predicted molar refractivity (Wildman–Crippen MR) is 267 cm³/mol. The van der Waals surface area contributed by atoms with Crippen molar-refractivity contribution in [3.63, 3.8) is 0 Å². The molecule has 60 heavy (non-hydrogen) atoms. The van der Waals surface area contributed by atoms with Crippen LogP contribution in [0.25, 0.3) is 0 Å². The van der Waals surface area contributed by atoms with Gasteiger partial charge in [0.15, 0.2) is 0 Å². The number of amides is 1. The van der Waals surface area contributed by atoms with E-state index >= 15 is 0 Å². The minimum atomic E-state index is -1.02. The molecule has 2 rings (SSSR count). The van der Waals surface area contributed by atoms with Crippen molar-refractivity contribution in [2.24, 2.45) is 14.5 Å². The predicted octanol–water partition coefficient (Wildman–Crippen LogP) is 6.85. The molecule has 2 aromatic carbocycles. The summed E-state index contributed by atoms with van der Waals surface area (Å²) in [6, 6.07) is 17.2. The first-order chi connectivity index (χ1) is 28.5. The topological polar surface area (TPSA) is 197 Å². The van der Waals surface area contributed by atoms with Crippen LogP contribution in [0.1, 0.15) is 133 Å². The molecule has 0 aliphatic heterocycles. The van der Waals surface area contributed by atoms with Gasteiger partial charge in [-0.15, -0.1) is 0 Å². The first-order valence-electron chi connectivity index (χ1n) is 20.9. The van der Waals surface area contributed by atoms with Gasteiger partial charge in [0.05, 0.1) is 44.1 Å². The van der Waals surface area contributed by atoms with Gasteiger partial charge in [0, 0.05) is 24.9 Å². The van der Waals surface area contributed by atoms with Gasteiger partial charge in [-0.1, -0.05) is 172 Å². The van der Waals surface area contributed by atoms with Gasteiger partial charge in [0.1, 0.15) is 13.3 Å². The summed E-state index contributed by atoms with van der Waals surface area (Å²) in [5.41, 5.74) is 9.09. The molecule has 17 heteroatoms. The molecule has 348 valence electrons. The van der Waals surface area contributed by atoms with Crippen molar-refractivity contribution >= 4 is 69.2 Å². The first kappa shape index (κ1) is 63.0. The van der Waals surface area contributed by atoms with Crippen molar-refractivity contribution in [3.05, 3.63) is 70.8 Å². The lowest BCUT2D eigenvalue weighted by Gasteiger charge is -2.31. The van der Waals surface area contributed by atoms with Crippen molar-refractivity contribution in [1.82, 2.24) is 19.5 Å². The van der Waals surface area contributed by atoms with E-state index in [1.165, 1.54) is 93.7 Å². The second kappa shape index (κ2) is 44.3. The summed E-state index contributed by atoms with van der Waals surface area (Å²) in [5.74, 6) is -0.303. The van der Waals surface area contributed by atoms with Crippen molar-refractivity contribution in [2.75, 3.05) is 46.3 Å². The number of benzene rings is 2. The second-order valence-corrected chi connectivity index (χ2v) is 16.2. The number of aliphatic hydroxyl groups is 4. The lowest BCUT2D eigenvalue weighted by Crippen LogP contribution is -2.56. The fourth-order valence-corrected chi connectivity index (χ4v) is 6.37. The van der Waals surface area contributed by atoms with E-state index in [-0.39, 0.29) is 46.3 Å². The number of nitrogens with two attached hydrogens (primary N) is 1. The minimum absolute atomic E-state index is 0. The summed E-state index contributed by atoms with van der Waals surface area (Å²) in [6.07, 6.45) is 20.6. The number of unbranched alkanes of at least 4 members (excludes halogenated alkanes) is 10. The van der Waals surface area contributed by atoms with Crippen molar-refractivity contribution in [1.29, 1.82) is 0 Å². The van der Waals surface area contributed by atoms with Gasteiger partial charge in [-0.25, -0.2) is 18.2 Å². The van der Waals surface area contributed by atoms with Gasteiger partial charge < -0.3 is 31.5 Å². The highest BCUT2D eigenvalue weighted by Crippen LogP contribution is 2.18. The van der Waals surface area contributed by atoms with E-state index < -0.39 is 11.1 Å². The Labute approximate surface area is 391 Å². The molecule has 2 aromatic rings. The highest BCUT2D eigenvalue weighted by molar-refractivity contribution is 7.78. The maximum absolute atomic E-state index is 11.8. The number of hydrogen-bond donors (Lipinski definition) is 12. The third-order valence-electron chi connectivity index (χ3n) is 9.64. The summed E-state index contributed by atoms with van der Waals surface area (Å²) in [6.45, 7) is 4.42. The van der Waals surface area contributed by atoms with Gasteiger partial charge in [0.25, 0.3) is 0 Å². The zero-order chi connectivity index (χ0) is 44.5. The Bertz CT molecular complexity index is 1250. The fraction of sp³-hybridized carbons (Fsp3) is 0.698. The summed E-state index contributed by atoms with van der Waals surface area (Å²) in [7, 11) is 0. The molecule has 0 bridgehead atoms. The van der Waals surface area contributed by atoms with E-state index in [4.69, 9.17) is 5.73 Å². The van der Waals surface area contributed by atoms with Crippen LogP contribution in [-0.2, 0) is 55.3 Å². The van der Waals surface area contributed by atoms with Crippen LogP contribution in [0, 0.1) is 0 Å². The Balaban J connectivity index is -0.000000879. The average Bonchev–Trinajstić information content (AvgIpc) is 3.26. The van der Waals surface area contributed by atoms with Crippen molar-refractivity contribution in [3.8, 4) is 0 Å². The maximum Gasteiger partial charge on any atom is 0.235 e. The van der Waals surface area contributed by atoms with E-state index in [2.05, 4.69) is 154 Å². The van der Waals surface area contributed by atoms with Crippen LogP contribution in [-0.4, -0.2) is 83.7 Å². The molecule has 0 heterocycles. The van der Waals surface area contributed by atoms with Crippen molar-refractivity contribution < 1.29 is 25.2 Å². The standard InChI is InChI=1S/C21H36N2O3S.C19H33NO2.2CH4N2S2.CH4/c1-2-3-4-5-6-7-8-18-9-11-19(12-10-18)13-14-21(16-24,17-25)23-20(26)15-22-27;1-2-3-4-5-6-7-8-17-9-11-18(12-10-17)13-14-19(20,15-21)16-22;2*4-2-1-3-5;/h9-12,22,24-25,27H,2-8,13-17H2,1H3,(H,23,26);9-12,21-22H,2-8,13-16,20H2,1H3;2*2,4H,1H2;1H4. The third-order valence-corrected chi connectivity index (χ3v) is 10.3. The molecule has 0 saturated heterocycles. The molecule has 0 radical (unpaired) electrons. The van der Waals surface area contributed by atoms with E-state index in [9.17, 15) is 25.2 Å². The van der Waals surface area contributed by atoms with Gasteiger partial charge in [-0.2, -0.15) is 0 Å². The zero-order valence-electron chi connectivity index (χ0n) is 35.6. The molecular formula is C43H81N7O5S5. The number of aryl methyl sites for hydroxylation is 4. The van der Waals surface area contributed by atoms with Crippen LogP contribution >= 0.6 is 38.4 Å². The highest BCUT2D eigenvalue weighted by Gasteiger charge is 2.30. The maximum atomic E-state index is 11.8. The molecule has 12 nitrogen and oxygen atoms in total. The molecule has 1 amide bonds. The Morgan fingerprint density at radius 3 is 1.23 bits per heavy atom. The molecule has 0 aliphatic rings. The highest BCUT2D eigenvalue weighted by atomic mass is 32.1. The minimum Gasteiger partial charge on any atom is -0.394 e. The Morgan fingerprint density at radius 2 is 0.933 bits per heavy atom. The Hall–Kier alpha value is -1.32. The lowest BCUT2D eigenvalue weighted by atomic mass is 9.92. The quantitative estimate of drug-likeness (QED) is 0.0279. The van der Waals surface area contributed by atoms with Crippen LogP contribution in [0.4, 0.5) is 0 Å². The fourth-order valence-electron chi connectivity index (χ4n) is 5.77. The zero-order valence-corrected chi connectivity index (χ0v) is 39.9. The largest absolute Gasteiger partial charge is 0.394 e. The van der Waals surface area contributed by atoms with Crippen LogP contribution < -0.4 is 25.2 Å². The van der Waals surface area contributed by atoms with Crippen LogP contribution in [0.15, 0.2) is 57.3 Å². The SMILES string of the molecule is C.CCCCCCCCc1ccc(CCC(CO)(CO)NC(=O)CNS)cc1.CCCCCCCCc1ccc(CCC(N)(CO)CO)cc1.S=NCNS.S=NCNS. The number of thiol groups is 3. The average molecular weight is 936 g/mol. The summed E-state index contributed by atoms with van der Waals surface area (Å²) >= 11 is 19.3. The monoisotopic (exact) mass is 935 g/mol. The summed E-state index contributed by atoms with van der Waals surface area (Å²) < 4.78 is 13.9. The number of hydrogen-bond acceptors (Lipinski definition) is 16. The van der Waals surface area contributed by atoms with Gasteiger partial charge in [0.2, 0.25) is 5.91 Å². The van der Waals surface area contributed by atoms with Crippen molar-refractivity contribution in [2.45, 2.75) is 148 Å². The van der Waals surface area contributed by atoms with E-state index in [1.807, 2.05) is 0 Å². The number of nitrogens with one attached hydrogen (secondary N) is 4. The number of carbonyl (C=O) groups is 1. The molecule has 0 atom stereocenters. The van der Waals surface area contributed by atoms with Gasteiger partial charge in [-0.05, 0) is 73.6 Å². The van der Waals surface area contributed by atoms with Crippen LogP contribution in [0.3, 0.4) is 0 Å². The molecule has 0 aromatic heterocycles. The van der Waals surface area contributed by atoms with E-state index in [0.29, 0.717) is 32.6 Å². The lowest BCUT2D eigenvalue weighted by molar-refractivity contribution is -0.123. The number of carbonyl (C=O) groups excluding carboxylic acids is 1. The molecule has 0 unspecified atom stereocenters. The summed E-state index contributed by atoms with van der Waals surface area (Å²) in [5, 5.41) is 40.5. The van der Waals surface area contributed by atoms with Gasteiger partial charge >= 0.3 is 0 Å². The Kier molecular flexibility index (Phi) is 46.5. The molecular weight excluding hydrogens is 855 g/mol. The van der Waals surface area contributed by atoms with Gasteiger partial charge in [-0.3, -0.25) is 9.52 Å². The van der Waals surface area contributed by atoms with E-state index in [0.717, 1.165) is 24.8 Å². The normalized spacial score (nSPS) is 10.8. The smallest absolute Gasteiger partial charge is 0.235 e. The molecule has 0 saturated carbocycles. The molecule has 10 N–H and O–H groups in total. The molecule has 0 fully saturated rings. The van der Waals surface area contributed by atoms with E-state index in [1.54, 1.807) is 0 Å². The first-order valence-corrected chi connectivity index (χ1v) is 23.0. The third kappa shape index (κ3) is 35.2. The molecule has 0 spiro atoms. The van der Waals surface area contributed by atoms with Crippen LogP contribution in [0.5, 0.6) is 0 Å². The Morgan fingerprint density at radius 1 is 0.583 bits per heavy atom. The van der Waals surface area contributed by atoms with Crippen LogP contribution in [0.2, 0.25) is 0 Å². The molecule has 0 aliphatic carbocycles.